The fourth-order valence-corrected chi connectivity index (χ4v) is 3.97. The molecular weight excluding hydrogens is 450 g/mol. The molecule has 4 aromatic heterocycles. The number of carbonyl (C=O) groups is 1. The van der Waals surface area contributed by atoms with E-state index in [-0.39, 0.29) is 17.8 Å². The van der Waals surface area contributed by atoms with Gasteiger partial charge in [0.05, 0.1) is 22.3 Å². The lowest BCUT2D eigenvalue weighted by atomic mass is 10.2. The molecule has 0 unspecified atom stereocenters. The van der Waals surface area contributed by atoms with E-state index >= 15 is 0 Å². The molecular formula is C21H20F2N8OS. The van der Waals surface area contributed by atoms with Crippen molar-refractivity contribution < 1.29 is 13.6 Å². The minimum Gasteiger partial charge on any atom is -0.348 e. The van der Waals surface area contributed by atoms with Crippen molar-refractivity contribution in [2.75, 3.05) is 0 Å². The number of nitrogens with zero attached hydrogens (tertiary/aromatic N) is 5. The van der Waals surface area contributed by atoms with Crippen molar-refractivity contribution in [1.82, 2.24) is 30.1 Å². The minimum atomic E-state index is -2.93. The molecule has 0 fully saturated rings. The topological polar surface area (TPSA) is 123 Å². The molecule has 4 aromatic rings. The van der Waals surface area contributed by atoms with E-state index in [4.69, 9.17) is 5.84 Å². The Morgan fingerprint density at radius 1 is 1.21 bits per heavy atom. The van der Waals surface area contributed by atoms with Gasteiger partial charge in [-0.25, -0.2) is 34.6 Å². The molecule has 0 aliphatic carbocycles. The second-order valence-corrected chi connectivity index (χ2v) is 8.41. The Bertz CT molecular complexity index is 1330. The van der Waals surface area contributed by atoms with Gasteiger partial charge in [-0.05, 0) is 32.0 Å². The van der Waals surface area contributed by atoms with Crippen molar-refractivity contribution >= 4 is 34.4 Å². The van der Waals surface area contributed by atoms with Gasteiger partial charge in [0, 0.05) is 35.6 Å². The first kappa shape index (κ1) is 22.4. The first-order valence-corrected chi connectivity index (χ1v) is 10.6. The molecule has 170 valence electrons. The van der Waals surface area contributed by atoms with E-state index in [1.54, 1.807) is 47.4 Å². The summed E-state index contributed by atoms with van der Waals surface area (Å²) in [4.78, 5) is 31.4. The molecule has 4 rings (SSSR count). The highest BCUT2D eigenvalue weighted by atomic mass is 32.1. The summed E-state index contributed by atoms with van der Waals surface area (Å²) in [6, 6.07) is 5.29. The lowest BCUT2D eigenvalue weighted by Gasteiger charge is -2.10. The van der Waals surface area contributed by atoms with Crippen LogP contribution >= 0.6 is 11.3 Å². The van der Waals surface area contributed by atoms with Gasteiger partial charge in [-0.3, -0.25) is 9.20 Å². The smallest absolute Gasteiger partial charge is 0.296 e. The number of hydrogen-bond donors (Lipinski definition) is 3. The van der Waals surface area contributed by atoms with Crippen molar-refractivity contribution in [3.05, 3.63) is 64.8 Å². The van der Waals surface area contributed by atoms with Gasteiger partial charge in [0.15, 0.2) is 11.5 Å². The summed E-state index contributed by atoms with van der Waals surface area (Å²) in [5, 5.41) is 2.79. The number of nitrogens with two attached hydrogens (primary N) is 1. The Kier molecular flexibility index (Phi) is 6.38. The maximum Gasteiger partial charge on any atom is 0.296 e. The SMILES string of the molecule is Cc1ncc(CNC(=O)c2cc(N=C(NN)C(F)F)c3ncc(-c4ccc(C)s4)n3c2)cn1. The van der Waals surface area contributed by atoms with Crippen molar-refractivity contribution in [2.24, 2.45) is 10.8 Å². The summed E-state index contributed by atoms with van der Waals surface area (Å²) in [5.74, 6) is 4.68. The van der Waals surface area contributed by atoms with Crippen LogP contribution in [-0.4, -0.2) is 37.5 Å². The van der Waals surface area contributed by atoms with Crippen molar-refractivity contribution in [2.45, 2.75) is 26.8 Å². The highest BCUT2D eigenvalue weighted by Gasteiger charge is 2.18. The van der Waals surface area contributed by atoms with Gasteiger partial charge < -0.3 is 10.7 Å². The number of alkyl halides is 2. The van der Waals surface area contributed by atoms with E-state index in [0.29, 0.717) is 17.2 Å². The van der Waals surface area contributed by atoms with Crippen molar-refractivity contribution in [1.29, 1.82) is 0 Å². The van der Waals surface area contributed by atoms with Crippen molar-refractivity contribution in [3.63, 3.8) is 0 Å². The number of amidine groups is 1. The predicted molar refractivity (Wildman–Crippen MR) is 122 cm³/mol. The molecule has 0 aliphatic rings. The summed E-state index contributed by atoms with van der Waals surface area (Å²) < 4.78 is 28.2. The number of nitrogens with one attached hydrogen (secondary N) is 2. The monoisotopic (exact) mass is 470 g/mol. The number of amides is 1. The summed E-state index contributed by atoms with van der Waals surface area (Å²) in [7, 11) is 0. The van der Waals surface area contributed by atoms with Gasteiger partial charge in [-0.2, -0.15) is 0 Å². The number of carbonyl (C=O) groups excluding carboxylic acids is 1. The molecule has 1 amide bonds. The molecule has 4 N–H and O–H groups in total. The number of thiophene rings is 1. The third-order valence-corrected chi connectivity index (χ3v) is 5.75. The number of fused-ring (bicyclic) bond motifs is 1. The molecule has 0 spiro atoms. The summed E-state index contributed by atoms with van der Waals surface area (Å²) >= 11 is 1.55. The van der Waals surface area contributed by atoms with Crippen LogP contribution in [0.4, 0.5) is 14.5 Å². The summed E-state index contributed by atoms with van der Waals surface area (Å²) in [5.41, 5.74) is 3.94. The van der Waals surface area contributed by atoms with Crippen LogP contribution in [0, 0.1) is 13.8 Å². The van der Waals surface area contributed by atoms with Gasteiger partial charge in [0.1, 0.15) is 11.5 Å². The molecule has 0 saturated carbocycles. The first-order chi connectivity index (χ1) is 15.9. The molecule has 0 atom stereocenters. The fourth-order valence-electron chi connectivity index (χ4n) is 3.10. The van der Waals surface area contributed by atoms with Crippen molar-refractivity contribution in [3.8, 4) is 10.6 Å². The molecule has 0 saturated heterocycles. The Morgan fingerprint density at radius 3 is 2.61 bits per heavy atom. The second kappa shape index (κ2) is 9.38. The quantitative estimate of drug-likeness (QED) is 0.172. The van der Waals surface area contributed by atoms with Gasteiger partial charge in [-0.1, -0.05) is 0 Å². The van der Waals surface area contributed by atoms with Gasteiger partial charge in [0.25, 0.3) is 12.3 Å². The van der Waals surface area contributed by atoms with Crippen LogP contribution < -0.4 is 16.6 Å². The Balaban J connectivity index is 1.76. The van der Waals surface area contributed by atoms with E-state index < -0.39 is 18.2 Å². The predicted octanol–water partition coefficient (Wildman–Crippen LogP) is 3.16. The highest BCUT2D eigenvalue weighted by Crippen LogP contribution is 2.32. The van der Waals surface area contributed by atoms with Crippen LogP contribution in [0.25, 0.3) is 16.2 Å². The van der Waals surface area contributed by atoms with Gasteiger partial charge in [-0.15, -0.1) is 11.3 Å². The summed E-state index contributed by atoms with van der Waals surface area (Å²) in [6.45, 7) is 3.94. The molecule has 0 aromatic carbocycles. The Labute approximate surface area is 191 Å². The Hall–Kier alpha value is -3.77. The molecule has 0 aliphatic heterocycles. The maximum absolute atomic E-state index is 13.3. The number of aryl methyl sites for hydroxylation is 2. The van der Waals surface area contributed by atoms with Crippen LogP contribution in [0.15, 0.2) is 48.0 Å². The zero-order chi connectivity index (χ0) is 23.5. The fraction of sp³-hybridized carbons (Fsp3) is 0.190. The number of halogens is 2. The number of aromatic nitrogens is 4. The van der Waals surface area contributed by atoms with Gasteiger partial charge in [0.2, 0.25) is 0 Å². The first-order valence-electron chi connectivity index (χ1n) is 9.82. The molecule has 33 heavy (non-hydrogen) atoms. The number of aliphatic imine (C=N–C) groups is 1. The van der Waals surface area contributed by atoms with E-state index in [1.807, 2.05) is 24.5 Å². The Morgan fingerprint density at radius 2 is 1.97 bits per heavy atom. The van der Waals surface area contributed by atoms with Crippen LogP contribution in [0.3, 0.4) is 0 Å². The molecule has 12 heteroatoms. The standard InChI is InChI=1S/C21H20F2N8OS/c1-11-3-4-17(33-11)16-9-27-20-15(29-19(30-24)18(22)23)5-14(10-31(16)20)21(32)28-8-13-6-25-12(2)26-7-13/h3-7,9-10,18H,8,24H2,1-2H3,(H,28,32)(H,29,30). The van der Waals surface area contributed by atoms with E-state index in [0.717, 1.165) is 15.3 Å². The maximum atomic E-state index is 13.3. The average molecular weight is 471 g/mol. The number of imidazole rings is 1. The zero-order valence-electron chi connectivity index (χ0n) is 17.7. The third kappa shape index (κ3) is 4.86. The van der Waals surface area contributed by atoms with E-state index in [2.05, 4.69) is 25.3 Å². The third-order valence-electron chi connectivity index (χ3n) is 4.72. The average Bonchev–Trinajstić information content (AvgIpc) is 3.42. The zero-order valence-corrected chi connectivity index (χ0v) is 18.5. The summed E-state index contributed by atoms with van der Waals surface area (Å²) in [6.07, 6.45) is 3.53. The number of hydrazine groups is 1. The lowest BCUT2D eigenvalue weighted by molar-refractivity contribution is 0.0950. The highest BCUT2D eigenvalue weighted by molar-refractivity contribution is 7.15. The minimum absolute atomic E-state index is 0.0779. The van der Waals surface area contributed by atoms with Crippen LogP contribution in [0.5, 0.6) is 0 Å². The normalized spacial score (nSPS) is 11.9. The molecule has 0 radical (unpaired) electrons. The van der Waals surface area contributed by atoms with Gasteiger partial charge >= 0.3 is 0 Å². The van der Waals surface area contributed by atoms with Crippen LogP contribution in [0.1, 0.15) is 26.6 Å². The van der Waals surface area contributed by atoms with E-state index in [1.165, 1.54) is 6.07 Å². The number of pyridine rings is 1. The molecule has 4 heterocycles. The number of hydrogen-bond acceptors (Lipinski definition) is 7. The number of rotatable bonds is 6. The molecule has 0 bridgehead atoms. The largest absolute Gasteiger partial charge is 0.348 e. The lowest BCUT2D eigenvalue weighted by Crippen LogP contribution is -2.35. The van der Waals surface area contributed by atoms with E-state index in [9.17, 15) is 13.6 Å². The van der Waals surface area contributed by atoms with Crippen LogP contribution in [-0.2, 0) is 6.54 Å². The van der Waals surface area contributed by atoms with Crippen LogP contribution in [0.2, 0.25) is 0 Å². The second-order valence-electron chi connectivity index (χ2n) is 7.12. The molecule has 9 nitrogen and oxygen atoms in total.